The molecule has 8 heteroatoms. The summed E-state index contributed by atoms with van der Waals surface area (Å²) in [7, 11) is -2.47. The van der Waals surface area contributed by atoms with Crippen molar-refractivity contribution in [2.45, 2.75) is 24.8 Å². The number of hydrogen-bond acceptors (Lipinski definition) is 4. The van der Waals surface area contributed by atoms with E-state index in [2.05, 4.69) is 4.72 Å². The molecule has 0 radical (unpaired) electrons. The summed E-state index contributed by atoms with van der Waals surface area (Å²) >= 11 is 12.1. The lowest BCUT2D eigenvalue weighted by Crippen LogP contribution is -2.14. The second-order valence-electron chi connectivity index (χ2n) is 5.19. The first kappa shape index (κ1) is 18.7. The molecule has 0 fully saturated rings. The molecule has 2 aromatic carbocycles. The Morgan fingerprint density at radius 3 is 2.17 bits per heavy atom. The molecule has 0 atom stereocenters. The maximum atomic E-state index is 12.5. The van der Waals surface area contributed by atoms with E-state index in [1.54, 1.807) is 24.3 Å². The van der Waals surface area contributed by atoms with Gasteiger partial charge in [-0.3, -0.25) is 4.72 Å². The van der Waals surface area contributed by atoms with Crippen molar-refractivity contribution in [2.75, 3.05) is 11.8 Å². The molecule has 0 saturated heterocycles. The Hall–Kier alpha value is -1.63. The van der Waals surface area contributed by atoms with Crippen LogP contribution in [0.5, 0.6) is 11.5 Å². The van der Waals surface area contributed by atoms with E-state index in [-0.39, 0.29) is 21.0 Å². The van der Waals surface area contributed by atoms with Crippen LogP contribution < -0.4 is 14.2 Å². The summed E-state index contributed by atoms with van der Waals surface area (Å²) in [5.41, 5.74) is 0.383. The highest BCUT2D eigenvalue weighted by Gasteiger charge is 2.22. The van der Waals surface area contributed by atoms with Gasteiger partial charge in [0.25, 0.3) is 10.0 Å². The lowest BCUT2D eigenvalue weighted by Gasteiger charge is -2.13. The molecule has 1 N–H and O–H groups in total. The highest BCUT2D eigenvalue weighted by Crippen LogP contribution is 2.37. The lowest BCUT2D eigenvalue weighted by molar-refractivity contribution is 0.242. The Labute approximate surface area is 151 Å². The molecular formula is C16H17Cl2NO4S. The number of hydrogen-bond donors (Lipinski definition) is 1. The molecule has 0 saturated carbocycles. The Bertz CT molecular complexity index is 821. The third kappa shape index (κ3) is 4.26. The molecule has 0 aromatic heterocycles. The molecule has 24 heavy (non-hydrogen) atoms. The molecular weight excluding hydrogens is 373 g/mol. The van der Waals surface area contributed by atoms with Gasteiger partial charge in [0.15, 0.2) is 0 Å². The Morgan fingerprint density at radius 2 is 1.62 bits per heavy atom. The van der Waals surface area contributed by atoms with Gasteiger partial charge in [-0.05, 0) is 50.2 Å². The zero-order chi connectivity index (χ0) is 17.9. The van der Waals surface area contributed by atoms with Crippen LogP contribution in [0.25, 0.3) is 0 Å². The molecule has 0 amide bonds. The summed E-state index contributed by atoms with van der Waals surface area (Å²) in [5.74, 6) is 0.953. The van der Waals surface area contributed by atoms with E-state index < -0.39 is 10.0 Å². The number of benzene rings is 2. The summed E-state index contributed by atoms with van der Waals surface area (Å²) < 4.78 is 38.0. The van der Waals surface area contributed by atoms with Crippen LogP contribution in [0.15, 0.2) is 41.3 Å². The summed E-state index contributed by atoms with van der Waals surface area (Å²) in [6, 6.07) is 9.36. The molecule has 0 aliphatic rings. The molecule has 0 spiro atoms. The van der Waals surface area contributed by atoms with Gasteiger partial charge in [-0.15, -0.1) is 0 Å². The van der Waals surface area contributed by atoms with Crippen LogP contribution >= 0.6 is 23.2 Å². The van der Waals surface area contributed by atoms with Crippen molar-refractivity contribution >= 4 is 38.9 Å². The van der Waals surface area contributed by atoms with Crippen molar-refractivity contribution in [3.05, 3.63) is 46.4 Å². The average molecular weight is 390 g/mol. The molecule has 2 aromatic rings. The van der Waals surface area contributed by atoms with Crippen LogP contribution in [0.2, 0.25) is 10.0 Å². The Kier molecular flexibility index (Phi) is 5.85. The van der Waals surface area contributed by atoms with Crippen molar-refractivity contribution in [1.82, 2.24) is 0 Å². The van der Waals surface area contributed by atoms with Crippen molar-refractivity contribution < 1.29 is 17.9 Å². The molecule has 0 unspecified atom stereocenters. The van der Waals surface area contributed by atoms with Gasteiger partial charge in [-0.25, -0.2) is 8.42 Å². The summed E-state index contributed by atoms with van der Waals surface area (Å²) in [6.07, 6.45) is 0.0350. The topological polar surface area (TPSA) is 64.6 Å². The van der Waals surface area contributed by atoms with E-state index in [1.165, 1.54) is 19.2 Å². The SMILES string of the molecule is COc1ccc(S(=O)(=O)Nc2ccc(OC(C)C)cc2)c(Cl)c1Cl. The number of anilines is 1. The third-order valence-corrected chi connectivity index (χ3v) is 5.40. The molecule has 2 rings (SSSR count). The first-order chi connectivity index (χ1) is 11.2. The van der Waals surface area contributed by atoms with Gasteiger partial charge in [-0.2, -0.15) is 0 Å². The number of rotatable bonds is 6. The lowest BCUT2D eigenvalue weighted by atomic mass is 10.3. The monoisotopic (exact) mass is 389 g/mol. The summed E-state index contributed by atoms with van der Waals surface area (Å²) in [5, 5.41) is -0.0500. The maximum absolute atomic E-state index is 12.5. The van der Waals surface area contributed by atoms with E-state index in [0.29, 0.717) is 17.2 Å². The highest BCUT2D eigenvalue weighted by molar-refractivity contribution is 7.92. The second kappa shape index (κ2) is 7.51. The molecule has 130 valence electrons. The van der Waals surface area contributed by atoms with Crippen LogP contribution in [-0.4, -0.2) is 21.6 Å². The number of halogens is 2. The Balaban J connectivity index is 2.27. The second-order valence-corrected chi connectivity index (χ2v) is 7.60. The predicted octanol–water partition coefficient (Wildman–Crippen LogP) is 4.59. The van der Waals surface area contributed by atoms with Crippen molar-refractivity contribution in [3.63, 3.8) is 0 Å². The van der Waals surface area contributed by atoms with Crippen LogP contribution in [0.4, 0.5) is 5.69 Å². The minimum absolute atomic E-state index is 0.0350. The average Bonchev–Trinajstić information content (AvgIpc) is 2.51. The zero-order valence-corrected chi connectivity index (χ0v) is 15.7. The summed E-state index contributed by atoms with van der Waals surface area (Å²) in [6.45, 7) is 3.82. The minimum Gasteiger partial charge on any atom is -0.495 e. The molecule has 0 heterocycles. The van der Waals surface area contributed by atoms with Gasteiger partial charge in [0.1, 0.15) is 21.4 Å². The fourth-order valence-corrected chi connectivity index (χ4v) is 3.86. The fourth-order valence-electron chi connectivity index (χ4n) is 1.96. The van der Waals surface area contributed by atoms with Gasteiger partial charge in [0, 0.05) is 5.69 Å². The van der Waals surface area contributed by atoms with E-state index >= 15 is 0 Å². The van der Waals surface area contributed by atoms with Gasteiger partial charge in [0.2, 0.25) is 0 Å². The van der Waals surface area contributed by atoms with Gasteiger partial charge >= 0.3 is 0 Å². The smallest absolute Gasteiger partial charge is 0.263 e. The zero-order valence-electron chi connectivity index (χ0n) is 13.3. The normalized spacial score (nSPS) is 11.4. The summed E-state index contributed by atoms with van der Waals surface area (Å²) in [4.78, 5) is -0.127. The van der Waals surface area contributed by atoms with Gasteiger partial charge in [0.05, 0.1) is 18.2 Å². The third-order valence-electron chi connectivity index (χ3n) is 3.00. The first-order valence-corrected chi connectivity index (χ1v) is 9.30. The number of sulfonamides is 1. The van der Waals surface area contributed by atoms with Crippen LogP contribution in [0, 0.1) is 0 Å². The maximum Gasteiger partial charge on any atom is 0.263 e. The molecule has 0 aliphatic carbocycles. The number of nitrogens with one attached hydrogen (secondary N) is 1. The largest absolute Gasteiger partial charge is 0.495 e. The van der Waals surface area contributed by atoms with Gasteiger partial charge < -0.3 is 9.47 Å². The van der Waals surface area contributed by atoms with Gasteiger partial charge in [-0.1, -0.05) is 23.2 Å². The van der Waals surface area contributed by atoms with Crippen LogP contribution in [0.1, 0.15) is 13.8 Å². The number of ether oxygens (including phenoxy) is 2. The van der Waals surface area contributed by atoms with Crippen LogP contribution in [0.3, 0.4) is 0 Å². The van der Waals surface area contributed by atoms with E-state index in [9.17, 15) is 8.42 Å². The van der Waals surface area contributed by atoms with Crippen molar-refractivity contribution in [3.8, 4) is 11.5 Å². The van der Waals surface area contributed by atoms with Crippen molar-refractivity contribution in [1.29, 1.82) is 0 Å². The van der Waals surface area contributed by atoms with E-state index in [1.807, 2.05) is 13.8 Å². The Morgan fingerprint density at radius 1 is 1.00 bits per heavy atom. The number of methoxy groups -OCH3 is 1. The predicted molar refractivity (Wildman–Crippen MR) is 96.0 cm³/mol. The molecule has 0 aliphatic heterocycles. The van der Waals surface area contributed by atoms with Crippen molar-refractivity contribution in [2.24, 2.45) is 0 Å². The highest BCUT2D eigenvalue weighted by atomic mass is 35.5. The minimum atomic E-state index is -3.89. The van der Waals surface area contributed by atoms with E-state index in [0.717, 1.165) is 0 Å². The quantitative estimate of drug-likeness (QED) is 0.784. The van der Waals surface area contributed by atoms with Crippen LogP contribution in [-0.2, 0) is 10.0 Å². The molecule has 5 nitrogen and oxygen atoms in total. The molecule has 0 bridgehead atoms. The fraction of sp³-hybridized carbons (Fsp3) is 0.250. The standard InChI is InChI=1S/C16H17Cl2NO4S/c1-10(2)23-12-6-4-11(5-7-12)19-24(20,21)14-9-8-13(22-3)15(17)16(14)18/h4-10,19H,1-3H3. The first-order valence-electron chi connectivity index (χ1n) is 7.06. The van der Waals surface area contributed by atoms with E-state index in [4.69, 9.17) is 32.7 Å².